The Morgan fingerprint density at radius 2 is 1.43 bits per heavy atom. The van der Waals surface area contributed by atoms with Crippen molar-refractivity contribution in [3.8, 4) is 5.75 Å². The van der Waals surface area contributed by atoms with E-state index < -0.39 is 36.2 Å². The van der Waals surface area contributed by atoms with Crippen LogP contribution in [0.5, 0.6) is 5.75 Å². The summed E-state index contributed by atoms with van der Waals surface area (Å²) in [5, 5.41) is -0.902. The zero-order valence-electron chi connectivity index (χ0n) is 19.1. The van der Waals surface area contributed by atoms with Crippen LogP contribution in [0.15, 0.2) is 54.6 Å². The number of Topliss-reactive ketones (excluding diaryl/α,β-unsaturated/α-hetero) is 1. The van der Waals surface area contributed by atoms with Gasteiger partial charge in [-0.15, -0.1) is 0 Å². The summed E-state index contributed by atoms with van der Waals surface area (Å²) in [6.07, 6.45) is -0.0881. The predicted octanol–water partition coefficient (Wildman–Crippen LogP) is 5.94. The normalized spacial score (nSPS) is 13.4. The van der Waals surface area contributed by atoms with Gasteiger partial charge in [0.05, 0.1) is 38.3 Å². The molecule has 190 valence electrons. The molecule has 0 saturated heterocycles. The number of carbonyl (C=O) groups excluding carboxylic acids is 4. The molecule has 0 spiro atoms. The topological polar surface area (TPSA) is 90.0 Å². The molecule has 1 heterocycles. The minimum atomic E-state index is -1.43. The number of halogens is 4. The molecule has 7 nitrogen and oxygen atoms in total. The molecule has 0 radical (unpaired) electrons. The third kappa shape index (κ3) is 5.18. The predicted molar refractivity (Wildman–Crippen MR) is 139 cm³/mol. The van der Waals surface area contributed by atoms with Gasteiger partial charge in [-0.2, -0.15) is 0 Å². The third-order valence-corrected chi connectivity index (χ3v) is 7.53. The van der Waals surface area contributed by atoms with Gasteiger partial charge >= 0.3 is 5.97 Å². The summed E-state index contributed by atoms with van der Waals surface area (Å²) in [7, 11) is 1.46. The number of esters is 1. The summed E-state index contributed by atoms with van der Waals surface area (Å²) in [5.41, 5.74) is 0.373. The standard InChI is InChI=1S/C26H17Cl4NO6/c1-36-15-9-5-8-14(11-15)17(32)12-37-26(35)16(10-13-6-3-2-4-7-13)31-24(33)18-19(25(31)34)21(28)23(30)22(29)20(18)27/h2-9,11,16H,10,12H2,1H3/t16-/m0/s1. The fraction of sp³-hybridized carbons (Fsp3) is 0.154. The van der Waals surface area contributed by atoms with E-state index in [1.807, 2.05) is 0 Å². The zero-order valence-corrected chi connectivity index (χ0v) is 22.1. The number of benzene rings is 3. The van der Waals surface area contributed by atoms with Crippen LogP contribution in [0.25, 0.3) is 0 Å². The van der Waals surface area contributed by atoms with Gasteiger partial charge in [-0.05, 0) is 17.7 Å². The summed E-state index contributed by atoms with van der Waals surface area (Å²) in [4.78, 5) is 53.4. The summed E-state index contributed by atoms with van der Waals surface area (Å²) >= 11 is 24.7. The van der Waals surface area contributed by atoms with Gasteiger partial charge in [0.1, 0.15) is 11.8 Å². The molecule has 0 aromatic heterocycles. The number of hydrogen-bond acceptors (Lipinski definition) is 6. The van der Waals surface area contributed by atoms with Crippen molar-refractivity contribution in [2.45, 2.75) is 12.5 Å². The van der Waals surface area contributed by atoms with E-state index in [0.717, 1.165) is 0 Å². The maximum Gasteiger partial charge on any atom is 0.330 e. The summed E-state index contributed by atoms with van der Waals surface area (Å²) in [6, 6.07) is 13.6. The molecule has 0 fully saturated rings. The van der Waals surface area contributed by atoms with Crippen molar-refractivity contribution in [2.24, 2.45) is 0 Å². The number of rotatable bonds is 8. The number of amides is 2. The maximum absolute atomic E-state index is 13.4. The number of carbonyl (C=O) groups is 4. The first kappa shape index (κ1) is 26.9. The Labute approximate surface area is 231 Å². The molecule has 4 rings (SSSR count). The molecule has 0 saturated carbocycles. The lowest BCUT2D eigenvalue weighted by Crippen LogP contribution is -2.47. The molecule has 0 aliphatic carbocycles. The van der Waals surface area contributed by atoms with Crippen LogP contribution in [0.1, 0.15) is 36.6 Å². The largest absolute Gasteiger partial charge is 0.497 e. The molecule has 3 aromatic carbocycles. The summed E-state index contributed by atoms with van der Waals surface area (Å²) < 4.78 is 10.4. The fourth-order valence-corrected chi connectivity index (χ4v) is 4.89. The zero-order chi connectivity index (χ0) is 26.9. The van der Waals surface area contributed by atoms with E-state index in [1.165, 1.54) is 13.2 Å². The van der Waals surface area contributed by atoms with Crippen LogP contribution in [0.4, 0.5) is 0 Å². The molecule has 1 aliphatic heterocycles. The lowest BCUT2D eigenvalue weighted by Gasteiger charge is -2.24. The SMILES string of the molecule is COc1cccc(C(=O)COC(=O)[C@H](Cc2ccccc2)N2C(=O)c3c(Cl)c(Cl)c(Cl)c(Cl)c3C2=O)c1. The Morgan fingerprint density at radius 1 is 0.838 bits per heavy atom. The number of methoxy groups -OCH3 is 1. The monoisotopic (exact) mass is 579 g/mol. The Balaban J connectivity index is 1.65. The van der Waals surface area contributed by atoms with Gasteiger partial charge in [0.15, 0.2) is 12.4 Å². The van der Waals surface area contributed by atoms with E-state index in [4.69, 9.17) is 55.9 Å². The molecule has 0 bridgehead atoms. The Bertz CT molecular complexity index is 1380. The van der Waals surface area contributed by atoms with Gasteiger partial charge in [-0.1, -0.05) is 88.9 Å². The van der Waals surface area contributed by atoms with Crippen molar-refractivity contribution in [2.75, 3.05) is 13.7 Å². The van der Waals surface area contributed by atoms with E-state index >= 15 is 0 Å². The van der Waals surface area contributed by atoms with Crippen LogP contribution in [-0.4, -0.2) is 48.2 Å². The minimum absolute atomic E-state index is 0.0881. The maximum atomic E-state index is 13.4. The second-order valence-corrected chi connectivity index (χ2v) is 9.47. The van der Waals surface area contributed by atoms with Crippen LogP contribution in [0.3, 0.4) is 0 Å². The number of imide groups is 1. The van der Waals surface area contributed by atoms with Crippen molar-refractivity contribution in [3.63, 3.8) is 0 Å². The summed E-state index contributed by atoms with van der Waals surface area (Å²) in [6.45, 7) is -0.625. The molecule has 0 N–H and O–H groups in total. The van der Waals surface area contributed by atoms with E-state index in [9.17, 15) is 19.2 Å². The number of nitrogens with zero attached hydrogens (tertiary/aromatic N) is 1. The molecular formula is C26H17Cl4NO6. The van der Waals surface area contributed by atoms with Crippen molar-refractivity contribution >= 4 is 70.0 Å². The van der Waals surface area contributed by atoms with E-state index in [1.54, 1.807) is 48.5 Å². The van der Waals surface area contributed by atoms with Crippen molar-refractivity contribution < 1.29 is 28.7 Å². The van der Waals surface area contributed by atoms with E-state index in [0.29, 0.717) is 16.2 Å². The first-order valence-corrected chi connectivity index (χ1v) is 12.3. The molecular weight excluding hydrogens is 564 g/mol. The smallest absolute Gasteiger partial charge is 0.330 e. The molecule has 11 heteroatoms. The molecule has 2 amide bonds. The lowest BCUT2D eigenvalue weighted by molar-refractivity contribution is -0.147. The van der Waals surface area contributed by atoms with Gasteiger partial charge in [0.2, 0.25) is 0 Å². The van der Waals surface area contributed by atoms with Gasteiger partial charge in [0, 0.05) is 12.0 Å². The number of fused-ring (bicyclic) bond motifs is 1. The number of hydrogen-bond donors (Lipinski definition) is 0. The Morgan fingerprint density at radius 3 is 2.00 bits per heavy atom. The van der Waals surface area contributed by atoms with Gasteiger partial charge in [-0.25, -0.2) is 4.79 Å². The van der Waals surface area contributed by atoms with Crippen LogP contribution >= 0.6 is 46.4 Å². The first-order valence-electron chi connectivity index (χ1n) is 10.8. The highest BCUT2D eigenvalue weighted by molar-refractivity contribution is 6.55. The number of ether oxygens (including phenoxy) is 2. The van der Waals surface area contributed by atoms with Crippen molar-refractivity contribution in [1.82, 2.24) is 4.90 Å². The highest BCUT2D eigenvalue weighted by Gasteiger charge is 2.47. The fourth-order valence-electron chi connectivity index (χ4n) is 3.88. The van der Waals surface area contributed by atoms with Crippen LogP contribution < -0.4 is 4.74 Å². The highest BCUT2D eigenvalue weighted by atomic mass is 35.5. The highest BCUT2D eigenvalue weighted by Crippen LogP contribution is 2.45. The molecule has 1 atom stereocenters. The second kappa shape index (κ2) is 11.1. The second-order valence-electron chi connectivity index (χ2n) is 7.95. The van der Waals surface area contributed by atoms with Gasteiger partial charge in [-0.3, -0.25) is 19.3 Å². The van der Waals surface area contributed by atoms with Crippen molar-refractivity contribution in [3.05, 3.63) is 96.9 Å². The van der Waals surface area contributed by atoms with Gasteiger partial charge in [0.25, 0.3) is 11.8 Å². The van der Waals surface area contributed by atoms with Crippen LogP contribution in [0, 0.1) is 0 Å². The Kier molecular flexibility index (Phi) is 8.09. The van der Waals surface area contributed by atoms with Gasteiger partial charge < -0.3 is 9.47 Å². The quantitative estimate of drug-likeness (QED) is 0.108. The average Bonchev–Trinajstić information content (AvgIpc) is 3.17. The molecule has 0 unspecified atom stereocenters. The van der Waals surface area contributed by atoms with Crippen molar-refractivity contribution in [1.29, 1.82) is 0 Å². The van der Waals surface area contributed by atoms with E-state index in [-0.39, 0.29) is 43.2 Å². The van der Waals surface area contributed by atoms with E-state index in [2.05, 4.69) is 0 Å². The third-order valence-electron chi connectivity index (χ3n) is 5.73. The summed E-state index contributed by atoms with van der Waals surface area (Å²) in [5.74, 6) is -2.79. The van der Waals surface area contributed by atoms with Crippen LogP contribution in [0.2, 0.25) is 20.1 Å². The molecule has 3 aromatic rings. The minimum Gasteiger partial charge on any atom is -0.497 e. The molecule has 37 heavy (non-hydrogen) atoms. The lowest BCUT2D eigenvalue weighted by atomic mass is 10.0. The molecule has 1 aliphatic rings. The Hall–Kier alpha value is -3.10. The van der Waals surface area contributed by atoms with Crippen LogP contribution in [-0.2, 0) is 16.0 Å². The number of ketones is 1. The average molecular weight is 581 g/mol. The first-order chi connectivity index (χ1) is 17.6.